The van der Waals surface area contributed by atoms with E-state index < -0.39 is 18.4 Å². The Morgan fingerprint density at radius 2 is 1.67 bits per heavy atom. The minimum absolute atomic E-state index is 0.296. The molecule has 0 fully saturated rings. The van der Waals surface area contributed by atoms with Crippen molar-refractivity contribution in [3.63, 3.8) is 0 Å². The van der Waals surface area contributed by atoms with Crippen LogP contribution in [0.4, 0.5) is 0 Å². The molecule has 8 nitrogen and oxygen atoms in total. The molecule has 1 amide bonds. The predicted octanol–water partition coefficient (Wildman–Crippen LogP) is 0.274. The van der Waals surface area contributed by atoms with Crippen LogP contribution in [0.5, 0.6) is 0 Å². The van der Waals surface area contributed by atoms with Gasteiger partial charge in [-0.1, -0.05) is 0 Å². The molecule has 3 rings (SSSR count). The Bertz CT molecular complexity index is 822. The number of hydrogen-bond donors (Lipinski definition) is 2. The lowest BCUT2D eigenvalue weighted by Crippen LogP contribution is -2.29. The molecule has 0 aliphatic rings. The topological polar surface area (TPSA) is 102 Å². The molecular formula is C13H13N5O3. The number of aromatic nitrogens is 4. The van der Waals surface area contributed by atoms with E-state index in [1.807, 2.05) is 20.2 Å². The SMILES string of the molecule is Cn1cnc2c(C(=O)NCC(=O)O)c3ncn(C)c3cc21. The molecule has 0 aliphatic carbocycles. The lowest BCUT2D eigenvalue weighted by molar-refractivity contribution is -0.135. The second-order valence-corrected chi connectivity index (χ2v) is 4.77. The third-order valence-corrected chi connectivity index (χ3v) is 3.34. The maximum Gasteiger partial charge on any atom is 0.322 e. The monoisotopic (exact) mass is 287 g/mol. The molecule has 2 heterocycles. The van der Waals surface area contributed by atoms with E-state index in [1.54, 1.807) is 21.8 Å². The number of nitrogens with zero attached hydrogens (tertiary/aromatic N) is 4. The number of amides is 1. The van der Waals surface area contributed by atoms with Crippen molar-refractivity contribution >= 4 is 33.9 Å². The Hall–Kier alpha value is -2.90. The first kappa shape index (κ1) is 13.1. The van der Waals surface area contributed by atoms with Gasteiger partial charge in [0.15, 0.2) is 0 Å². The number of hydrogen-bond acceptors (Lipinski definition) is 4. The number of carbonyl (C=O) groups is 2. The van der Waals surface area contributed by atoms with Gasteiger partial charge in [-0.15, -0.1) is 0 Å². The standard InChI is InChI=1S/C13H13N5O3/c1-17-5-15-11-7(17)3-8-12(16-6-18(8)2)10(11)13(21)14-4-9(19)20/h3,5-6H,4H2,1-2H3,(H,14,21)(H,19,20). The number of aryl methyl sites for hydroxylation is 2. The van der Waals surface area contributed by atoms with Crippen LogP contribution in [0, 0.1) is 0 Å². The van der Waals surface area contributed by atoms with Gasteiger partial charge in [0.25, 0.3) is 5.91 Å². The largest absolute Gasteiger partial charge is 0.480 e. The molecule has 3 aromatic rings. The first-order valence-electron chi connectivity index (χ1n) is 6.24. The highest BCUT2D eigenvalue weighted by molar-refractivity contribution is 6.15. The van der Waals surface area contributed by atoms with E-state index in [-0.39, 0.29) is 0 Å². The molecule has 0 saturated carbocycles. The summed E-state index contributed by atoms with van der Waals surface area (Å²) in [5, 5.41) is 11.1. The van der Waals surface area contributed by atoms with Gasteiger partial charge < -0.3 is 19.6 Å². The Morgan fingerprint density at radius 1 is 1.14 bits per heavy atom. The number of imidazole rings is 2. The molecule has 0 atom stereocenters. The Kier molecular flexibility index (Phi) is 2.86. The number of nitrogens with one attached hydrogen (secondary N) is 1. The van der Waals surface area contributed by atoms with E-state index in [9.17, 15) is 9.59 Å². The van der Waals surface area contributed by atoms with Crippen molar-refractivity contribution in [3.05, 3.63) is 24.3 Å². The zero-order chi connectivity index (χ0) is 15.1. The number of carboxylic acids is 1. The zero-order valence-electron chi connectivity index (χ0n) is 11.5. The third kappa shape index (κ3) is 2.00. The second-order valence-electron chi connectivity index (χ2n) is 4.77. The van der Waals surface area contributed by atoms with E-state index in [0.29, 0.717) is 16.6 Å². The fourth-order valence-electron chi connectivity index (χ4n) is 2.31. The summed E-state index contributed by atoms with van der Waals surface area (Å²) < 4.78 is 3.60. The normalized spacial score (nSPS) is 11.1. The Balaban J connectivity index is 2.25. The van der Waals surface area contributed by atoms with Crippen LogP contribution in [0.1, 0.15) is 10.4 Å². The first-order chi connectivity index (χ1) is 9.99. The summed E-state index contributed by atoms with van der Waals surface area (Å²) in [6.45, 7) is -0.448. The van der Waals surface area contributed by atoms with Gasteiger partial charge in [-0.3, -0.25) is 9.59 Å². The van der Waals surface area contributed by atoms with Crippen molar-refractivity contribution in [1.29, 1.82) is 0 Å². The van der Waals surface area contributed by atoms with Crippen LogP contribution in [0.25, 0.3) is 22.1 Å². The molecule has 2 N–H and O–H groups in total. The van der Waals surface area contributed by atoms with E-state index in [4.69, 9.17) is 5.11 Å². The number of fused-ring (bicyclic) bond motifs is 2. The van der Waals surface area contributed by atoms with Crippen LogP contribution in [0.2, 0.25) is 0 Å². The predicted molar refractivity (Wildman–Crippen MR) is 75.0 cm³/mol. The average Bonchev–Trinajstić information content (AvgIpc) is 2.99. The summed E-state index contributed by atoms with van der Waals surface area (Å²) >= 11 is 0. The highest BCUT2D eigenvalue weighted by atomic mass is 16.4. The van der Waals surface area contributed by atoms with E-state index in [1.165, 1.54) is 0 Å². The van der Waals surface area contributed by atoms with E-state index in [0.717, 1.165) is 11.0 Å². The first-order valence-corrected chi connectivity index (χ1v) is 6.24. The van der Waals surface area contributed by atoms with Gasteiger partial charge in [-0.05, 0) is 6.07 Å². The van der Waals surface area contributed by atoms with Gasteiger partial charge in [-0.25, -0.2) is 9.97 Å². The number of benzene rings is 1. The van der Waals surface area contributed by atoms with Crippen molar-refractivity contribution in [2.75, 3.05) is 6.54 Å². The second kappa shape index (κ2) is 4.58. The molecule has 8 heteroatoms. The van der Waals surface area contributed by atoms with Crippen LogP contribution in [0.15, 0.2) is 18.7 Å². The molecule has 0 aliphatic heterocycles. The molecule has 0 radical (unpaired) electrons. The molecule has 0 spiro atoms. The number of carbonyl (C=O) groups excluding carboxylic acids is 1. The summed E-state index contributed by atoms with van der Waals surface area (Å²) in [5.74, 6) is -1.60. The van der Waals surface area contributed by atoms with Crippen LogP contribution < -0.4 is 5.32 Å². The van der Waals surface area contributed by atoms with Crippen molar-refractivity contribution in [3.8, 4) is 0 Å². The third-order valence-electron chi connectivity index (χ3n) is 3.34. The van der Waals surface area contributed by atoms with Gasteiger partial charge in [0.1, 0.15) is 17.6 Å². The minimum atomic E-state index is -1.10. The molecular weight excluding hydrogens is 274 g/mol. The quantitative estimate of drug-likeness (QED) is 0.720. The lowest BCUT2D eigenvalue weighted by atomic mass is 10.1. The van der Waals surface area contributed by atoms with Gasteiger partial charge in [0.2, 0.25) is 0 Å². The van der Waals surface area contributed by atoms with E-state index in [2.05, 4.69) is 15.3 Å². The smallest absolute Gasteiger partial charge is 0.322 e. The Morgan fingerprint density at radius 3 is 2.14 bits per heavy atom. The number of aliphatic carboxylic acids is 1. The van der Waals surface area contributed by atoms with Crippen molar-refractivity contribution < 1.29 is 14.7 Å². The number of carboxylic acid groups (broad SMARTS) is 1. The molecule has 0 bridgehead atoms. The molecule has 2 aromatic heterocycles. The van der Waals surface area contributed by atoms with Crippen LogP contribution in [0.3, 0.4) is 0 Å². The minimum Gasteiger partial charge on any atom is -0.480 e. The van der Waals surface area contributed by atoms with Crippen molar-refractivity contribution in [2.45, 2.75) is 0 Å². The van der Waals surface area contributed by atoms with Crippen molar-refractivity contribution in [1.82, 2.24) is 24.4 Å². The maximum atomic E-state index is 12.3. The lowest BCUT2D eigenvalue weighted by Gasteiger charge is -2.06. The molecule has 108 valence electrons. The van der Waals surface area contributed by atoms with Crippen LogP contribution >= 0.6 is 0 Å². The summed E-state index contributed by atoms with van der Waals surface area (Å²) in [7, 11) is 3.66. The highest BCUT2D eigenvalue weighted by Crippen LogP contribution is 2.26. The molecule has 1 aromatic carbocycles. The average molecular weight is 287 g/mol. The van der Waals surface area contributed by atoms with Gasteiger partial charge >= 0.3 is 5.97 Å². The Labute approximate surface area is 119 Å². The van der Waals surface area contributed by atoms with Crippen molar-refractivity contribution in [2.24, 2.45) is 14.1 Å². The summed E-state index contributed by atoms with van der Waals surface area (Å²) in [6.07, 6.45) is 3.22. The highest BCUT2D eigenvalue weighted by Gasteiger charge is 2.20. The molecule has 0 unspecified atom stereocenters. The van der Waals surface area contributed by atoms with Gasteiger partial charge in [0.05, 0.1) is 29.3 Å². The van der Waals surface area contributed by atoms with E-state index >= 15 is 0 Å². The number of rotatable bonds is 3. The maximum absolute atomic E-state index is 12.3. The summed E-state index contributed by atoms with van der Waals surface area (Å²) in [6, 6.07) is 1.90. The zero-order valence-corrected chi connectivity index (χ0v) is 11.5. The van der Waals surface area contributed by atoms with Crippen LogP contribution in [-0.4, -0.2) is 42.6 Å². The fourth-order valence-corrected chi connectivity index (χ4v) is 2.31. The fraction of sp³-hybridized carbons (Fsp3) is 0.231. The molecule has 0 saturated heterocycles. The summed E-state index contributed by atoms with van der Waals surface area (Å²) in [5.41, 5.74) is 2.88. The van der Waals surface area contributed by atoms with Gasteiger partial charge in [-0.2, -0.15) is 0 Å². The summed E-state index contributed by atoms with van der Waals surface area (Å²) in [4.78, 5) is 31.4. The molecule has 21 heavy (non-hydrogen) atoms. The van der Waals surface area contributed by atoms with Crippen LogP contribution in [-0.2, 0) is 18.9 Å². The van der Waals surface area contributed by atoms with Gasteiger partial charge in [0, 0.05) is 14.1 Å².